The maximum Gasteiger partial charge on any atom is 0.183 e. The summed E-state index contributed by atoms with van der Waals surface area (Å²) in [5.41, 5.74) is 0. The molecule has 0 aromatic rings. The molecule has 0 radical (unpaired) electrons. The molecule has 12 heavy (non-hydrogen) atoms. The lowest BCUT2D eigenvalue weighted by atomic mass is 10.1. The maximum absolute atomic E-state index is 9.38. The van der Waals surface area contributed by atoms with E-state index in [9.17, 15) is 5.11 Å². The summed E-state index contributed by atoms with van der Waals surface area (Å²) < 4.78 is 16.1. The Hall–Kier alpha value is -0.160. The smallest absolute Gasteiger partial charge is 0.183 e. The van der Waals surface area contributed by atoms with Gasteiger partial charge in [0, 0.05) is 0 Å². The Kier molecular flexibility index (Phi) is 1.88. The van der Waals surface area contributed by atoms with E-state index in [4.69, 9.17) is 14.2 Å². The zero-order chi connectivity index (χ0) is 8.77. The molecule has 0 saturated carbocycles. The van der Waals surface area contributed by atoms with Crippen LogP contribution in [0.3, 0.4) is 0 Å². The summed E-state index contributed by atoms with van der Waals surface area (Å²) in [6, 6.07) is 0. The molecule has 0 aromatic carbocycles. The molecule has 0 spiro atoms. The van der Waals surface area contributed by atoms with Crippen molar-refractivity contribution < 1.29 is 19.3 Å². The normalized spacial score (nSPS) is 45.8. The van der Waals surface area contributed by atoms with Crippen molar-refractivity contribution in [2.75, 3.05) is 6.61 Å². The van der Waals surface area contributed by atoms with Gasteiger partial charge in [-0.05, 0) is 20.3 Å². The van der Waals surface area contributed by atoms with E-state index < -0.39 is 12.1 Å². The number of hydrogen-bond acceptors (Lipinski definition) is 4. The van der Waals surface area contributed by atoms with Crippen molar-refractivity contribution >= 4 is 0 Å². The number of aliphatic hydroxyl groups excluding tert-OH is 1. The van der Waals surface area contributed by atoms with Crippen LogP contribution in [0.1, 0.15) is 20.3 Å². The average Bonchev–Trinajstić information content (AvgIpc) is 2.25. The van der Waals surface area contributed by atoms with E-state index in [1.165, 1.54) is 0 Å². The molecule has 2 heterocycles. The standard InChI is InChI=1S/C8H14O4/c1-8(2)11-5-3-4-10-7(9)6(5)12-8/h5-7,9H,3-4H2,1-2H3/t5-,6+,7?/m1/s1. The van der Waals surface area contributed by atoms with Gasteiger partial charge in [0.05, 0.1) is 12.7 Å². The van der Waals surface area contributed by atoms with E-state index in [0.29, 0.717) is 6.61 Å². The van der Waals surface area contributed by atoms with Gasteiger partial charge in [-0.3, -0.25) is 0 Å². The molecule has 0 amide bonds. The van der Waals surface area contributed by atoms with Gasteiger partial charge in [-0.25, -0.2) is 0 Å². The fourth-order valence-corrected chi connectivity index (χ4v) is 1.73. The summed E-state index contributed by atoms with van der Waals surface area (Å²) in [5, 5.41) is 9.38. The molecule has 1 N–H and O–H groups in total. The number of aliphatic hydroxyl groups is 1. The van der Waals surface area contributed by atoms with Gasteiger partial charge >= 0.3 is 0 Å². The predicted octanol–water partition coefficient (Wildman–Crippen LogP) is 0.245. The zero-order valence-electron chi connectivity index (χ0n) is 7.32. The quantitative estimate of drug-likeness (QED) is 0.571. The van der Waals surface area contributed by atoms with E-state index in [-0.39, 0.29) is 12.2 Å². The van der Waals surface area contributed by atoms with Crippen molar-refractivity contribution in [2.24, 2.45) is 0 Å². The first-order valence-corrected chi connectivity index (χ1v) is 4.24. The number of ether oxygens (including phenoxy) is 3. The first kappa shape index (κ1) is 8.44. The predicted molar refractivity (Wildman–Crippen MR) is 40.4 cm³/mol. The summed E-state index contributed by atoms with van der Waals surface area (Å²) >= 11 is 0. The number of fused-ring (bicyclic) bond motifs is 1. The molecule has 3 atom stereocenters. The molecule has 2 fully saturated rings. The lowest BCUT2D eigenvalue weighted by molar-refractivity contribution is -0.206. The zero-order valence-corrected chi connectivity index (χ0v) is 7.32. The molecule has 70 valence electrons. The summed E-state index contributed by atoms with van der Waals surface area (Å²) in [6.07, 6.45) is -0.353. The Balaban J connectivity index is 2.09. The molecular formula is C8H14O4. The van der Waals surface area contributed by atoms with Gasteiger partial charge in [0.15, 0.2) is 12.1 Å². The molecule has 0 aliphatic carbocycles. The van der Waals surface area contributed by atoms with Crippen molar-refractivity contribution in [3.05, 3.63) is 0 Å². The second-order valence-electron chi connectivity index (χ2n) is 3.69. The van der Waals surface area contributed by atoms with Crippen LogP contribution in [0.4, 0.5) is 0 Å². The SMILES string of the molecule is CC1(C)O[C@@H]2C(O)OCC[C@H]2O1. The summed E-state index contributed by atoms with van der Waals surface area (Å²) in [4.78, 5) is 0. The fraction of sp³-hybridized carbons (Fsp3) is 1.00. The van der Waals surface area contributed by atoms with Gasteiger partial charge in [0.1, 0.15) is 6.10 Å². The third-order valence-electron chi connectivity index (χ3n) is 2.19. The molecule has 4 heteroatoms. The summed E-state index contributed by atoms with van der Waals surface area (Å²) in [7, 11) is 0. The van der Waals surface area contributed by atoms with Gasteiger partial charge in [-0.1, -0.05) is 0 Å². The van der Waals surface area contributed by atoms with Crippen LogP contribution in [0.15, 0.2) is 0 Å². The van der Waals surface area contributed by atoms with Crippen molar-refractivity contribution in [3.63, 3.8) is 0 Å². The highest BCUT2D eigenvalue weighted by molar-refractivity contribution is 4.85. The minimum Gasteiger partial charge on any atom is -0.366 e. The van der Waals surface area contributed by atoms with Crippen molar-refractivity contribution in [2.45, 2.75) is 44.6 Å². The highest BCUT2D eigenvalue weighted by atomic mass is 16.8. The molecule has 1 unspecified atom stereocenters. The highest BCUT2D eigenvalue weighted by Gasteiger charge is 2.47. The van der Waals surface area contributed by atoms with Crippen LogP contribution < -0.4 is 0 Å². The van der Waals surface area contributed by atoms with E-state index in [2.05, 4.69) is 0 Å². The van der Waals surface area contributed by atoms with Gasteiger partial charge in [-0.2, -0.15) is 0 Å². The Morgan fingerprint density at radius 2 is 2.08 bits per heavy atom. The Labute approximate surface area is 71.4 Å². The largest absolute Gasteiger partial charge is 0.366 e. The van der Waals surface area contributed by atoms with Gasteiger partial charge in [0.25, 0.3) is 0 Å². The number of rotatable bonds is 0. The first-order chi connectivity index (χ1) is 5.58. The average molecular weight is 174 g/mol. The van der Waals surface area contributed by atoms with Crippen LogP contribution in [-0.2, 0) is 14.2 Å². The lowest BCUT2D eigenvalue weighted by Gasteiger charge is -2.27. The summed E-state index contributed by atoms with van der Waals surface area (Å²) in [5.74, 6) is -0.579. The van der Waals surface area contributed by atoms with Crippen molar-refractivity contribution in [1.82, 2.24) is 0 Å². The van der Waals surface area contributed by atoms with Crippen LogP contribution in [0.2, 0.25) is 0 Å². The fourth-order valence-electron chi connectivity index (χ4n) is 1.73. The Bertz CT molecular complexity index is 180. The third-order valence-corrected chi connectivity index (χ3v) is 2.19. The third kappa shape index (κ3) is 1.35. The van der Waals surface area contributed by atoms with E-state index >= 15 is 0 Å². The van der Waals surface area contributed by atoms with E-state index in [1.807, 2.05) is 13.8 Å². The maximum atomic E-state index is 9.38. The van der Waals surface area contributed by atoms with Gasteiger partial charge < -0.3 is 19.3 Å². The minimum absolute atomic E-state index is 0.0104. The highest BCUT2D eigenvalue weighted by Crippen LogP contribution is 2.34. The van der Waals surface area contributed by atoms with Gasteiger partial charge in [-0.15, -0.1) is 0 Å². The monoisotopic (exact) mass is 174 g/mol. The molecule has 2 rings (SSSR count). The van der Waals surface area contributed by atoms with Crippen molar-refractivity contribution in [3.8, 4) is 0 Å². The van der Waals surface area contributed by atoms with Crippen molar-refractivity contribution in [1.29, 1.82) is 0 Å². The molecule has 2 aliphatic rings. The minimum atomic E-state index is -0.828. The van der Waals surface area contributed by atoms with Crippen LogP contribution in [-0.4, -0.2) is 36.0 Å². The molecular weight excluding hydrogens is 160 g/mol. The van der Waals surface area contributed by atoms with E-state index in [0.717, 1.165) is 6.42 Å². The second-order valence-corrected chi connectivity index (χ2v) is 3.69. The molecule has 2 saturated heterocycles. The first-order valence-electron chi connectivity index (χ1n) is 4.24. The van der Waals surface area contributed by atoms with Crippen LogP contribution in [0.25, 0.3) is 0 Å². The Morgan fingerprint density at radius 1 is 1.33 bits per heavy atom. The molecule has 0 aromatic heterocycles. The molecule has 0 bridgehead atoms. The van der Waals surface area contributed by atoms with E-state index in [1.54, 1.807) is 0 Å². The van der Waals surface area contributed by atoms with Crippen LogP contribution >= 0.6 is 0 Å². The topological polar surface area (TPSA) is 47.9 Å². The Morgan fingerprint density at radius 3 is 2.75 bits per heavy atom. The molecule has 4 nitrogen and oxygen atoms in total. The molecule has 2 aliphatic heterocycles. The van der Waals surface area contributed by atoms with Crippen LogP contribution in [0, 0.1) is 0 Å². The summed E-state index contributed by atoms with van der Waals surface area (Å²) in [6.45, 7) is 4.23. The number of hydrogen-bond donors (Lipinski definition) is 1. The van der Waals surface area contributed by atoms with Crippen LogP contribution in [0.5, 0.6) is 0 Å². The lowest BCUT2D eigenvalue weighted by Crippen LogP contribution is -2.42. The van der Waals surface area contributed by atoms with Gasteiger partial charge in [0.2, 0.25) is 0 Å². The second kappa shape index (κ2) is 2.67.